The molecule has 0 heterocycles. The van der Waals surface area contributed by atoms with Gasteiger partial charge in [0.25, 0.3) is 0 Å². The van der Waals surface area contributed by atoms with Gasteiger partial charge in [0.1, 0.15) is 0 Å². The van der Waals surface area contributed by atoms with Gasteiger partial charge in [-0.05, 0) is 73.7 Å². The van der Waals surface area contributed by atoms with Crippen molar-refractivity contribution in [1.29, 1.82) is 0 Å². The van der Waals surface area contributed by atoms with Crippen LogP contribution in [0.15, 0.2) is 23.8 Å². The second-order valence-corrected chi connectivity index (χ2v) is 7.49. The molecular formula is C18H24O. The molecule has 0 spiro atoms. The lowest BCUT2D eigenvalue weighted by atomic mass is 9.52. The van der Waals surface area contributed by atoms with E-state index in [9.17, 15) is 4.79 Å². The van der Waals surface area contributed by atoms with Crippen molar-refractivity contribution in [2.75, 3.05) is 0 Å². The molecule has 5 atom stereocenters. The fourth-order valence-electron chi connectivity index (χ4n) is 5.66. The van der Waals surface area contributed by atoms with Crippen LogP contribution < -0.4 is 0 Å². The fourth-order valence-corrected chi connectivity index (χ4v) is 5.66. The molecule has 4 aliphatic rings. The molecule has 0 aromatic heterocycles. The van der Waals surface area contributed by atoms with Gasteiger partial charge in [-0.25, -0.2) is 0 Å². The van der Waals surface area contributed by atoms with E-state index in [1.54, 1.807) is 0 Å². The lowest BCUT2D eigenvalue weighted by molar-refractivity contribution is -0.115. The minimum atomic E-state index is 0.382. The Labute approximate surface area is 116 Å². The summed E-state index contributed by atoms with van der Waals surface area (Å²) < 4.78 is 0. The van der Waals surface area contributed by atoms with Crippen LogP contribution in [0.3, 0.4) is 0 Å². The molecule has 0 aromatic rings. The lowest BCUT2D eigenvalue weighted by Crippen LogP contribution is -2.44. The van der Waals surface area contributed by atoms with Crippen molar-refractivity contribution >= 4 is 5.78 Å². The standard InChI is InChI=1S/C18H24O/c1-18-9-2-3-17(18)16-6-4-12-11-13(19)5-7-14(12)15(16)8-10-18/h2,9,11,14-17H,3-8,10H2,1H3. The number of hydrogen-bond donors (Lipinski definition) is 0. The molecule has 0 aliphatic heterocycles. The van der Waals surface area contributed by atoms with Crippen molar-refractivity contribution in [2.24, 2.45) is 29.1 Å². The van der Waals surface area contributed by atoms with Crippen LogP contribution >= 0.6 is 0 Å². The van der Waals surface area contributed by atoms with E-state index in [0.29, 0.717) is 11.2 Å². The quantitative estimate of drug-likeness (QED) is 0.591. The smallest absolute Gasteiger partial charge is 0.155 e. The zero-order chi connectivity index (χ0) is 13.0. The highest BCUT2D eigenvalue weighted by Crippen LogP contribution is 2.59. The molecule has 2 saturated carbocycles. The van der Waals surface area contributed by atoms with Crippen LogP contribution in [-0.4, -0.2) is 5.78 Å². The largest absolute Gasteiger partial charge is 0.295 e. The molecule has 4 rings (SSSR count). The lowest BCUT2D eigenvalue weighted by Gasteiger charge is -2.52. The Morgan fingerprint density at radius 2 is 2.05 bits per heavy atom. The molecule has 0 N–H and O–H groups in total. The first-order valence-corrected chi connectivity index (χ1v) is 8.08. The predicted octanol–water partition coefficient (Wildman–Crippen LogP) is 4.29. The predicted molar refractivity (Wildman–Crippen MR) is 76.6 cm³/mol. The van der Waals surface area contributed by atoms with Gasteiger partial charge in [-0.2, -0.15) is 0 Å². The monoisotopic (exact) mass is 256 g/mol. The second-order valence-electron chi connectivity index (χ2n) is 7.49. The molecule has 0 saturated heterocycles. The van der Waals surface area contributed by atoms with Gasteiger partial charge in [-0.1, -0.05) is 24.6 Å². The van der Waals surface area contributed by atoms with Gasteiger partial charge in [0, 0.05) is 6.42 Å². The zero-order valence-corrected chi connectivity index (χ0v) is 11.9. The molecular weight excluding hydrogens is 232 g/mol. The summed E-state index contributed by atoms with van der Waals surface area (Å²) in [7, 11) is 0. The average Bonchev–Trinajstić information content (AvgIpc) is 2.79. The Kier molecular flexibility index (Phi) is 2.56. The number of hydrogen-bond acceptors (Lipinski definition) is 1. The van der Waals surface area contributed by atoms with Gasteiger partial charge in [0.15, 0.2) is 5.78 Å². The summed E-state index contributed by atoms with van der Waals surface area (Å²) in [5, 5.41) is 0. The van der Waals surface area contributed by atoms with Crippen molar-refractivity contribution < 1.29 is 4.79 Å². The van der Waals surface area contributed by atoms with Crippen LogP contribution in [0.25, 0.3) is 0 Å². The maximum atomic E-state index is 11.6. The third-order valence-corrected chi connectivity index (χ3v) is 6.63. The zero-order valence-electron chi connectivity index (χ0n) is 11.9. The summed E-state index contributed by atoms with van der Waals surface area (Å²) >= 11 is 0. The number of ketones is 1. The van der Waals surface area contributed by atoms with Crippen molar-refractivity contribution in [3.8, 4) is 0 Å². The van der Waals surface area contributed by atoms with Crippen molar-refractivity contribution in [3.05, 3.63) is 23.8 Å². The van der Waals surface area contributed by atoms with Crippen molar-refractivity contribution in [1.82, 2.24) is 0 Å². The maximum absolute atomic E-state index is 11.6. The van der Waals surface area contributed by atoms with E-state index in [1.807, 2.05) is 6.08 Å². The summed E-state index contributed by atoms with van der Waals surface area (Å²) in [5.41, 5.74) is 2.00. The maximum Gasteiger partial charge on any atom is 0.155 e. The van der Waals surface area contributed by atoms with Crippen LogP contribution in [0.5, 0.6) is 0 Å². The Hall–Kier alpha value is -0.850. The Bertz CT molecular complexity index is 472. The van der Waals surface area contributed by atoms with Crippen LogP contribution in [0.4, 0.5) is 0 Å². The summed E-state index contributed by atoms with van der Waals surface area (Å²) in [5.74, 6) is 3.83. The molecule has 4 aliphatic carbocycles. The molecule has 0 amide bonds. The molecule has 102 valence electrons. The molecule has 1 nitrogen and oxygen atoms in total. The first-order chi connectivity index (χ1) is 9.17. The van der Waals surface area contributed by atoms with Crippen LogP contribution in [0.2, 0.25) is 0 Å². The van der Waals surface area contributed by atoms with Gasteiger partial charge in [0.2, 0.25) is 0 Å². The molecule has 2 fully saturated rings. The first-order valence-electron chi connectivity index (χ1n) is 8.08. The van der Waals surface area contributed by atoms with Gasteiger partial charge >= 0.3 is 0 Å². The van der Waals surface area contributed by atoms with Gasteiger partial charge in [-0.3, -0.25) is 4.79 Å². The number of fused-ring (bicyclic) bond motifs is 5. The third-order valence-electron chi connectivity index (χ3n) is 6.63. The SMILES string of the molecule is CC12C=CCC1C1CCC3=CC(=O)CCC3C1CC2. The molecule has 0 aromatic carbocycles. The molecule has 1 heteroatoms. The molecule has 5 unspecified atom stereocenters. The summed E-state index contributed by atoms with van der Waals surface area (Å²) in [6.07, 6.45) is 15.5. The molecule has 19 heavy (non-hydrogen) atoms. The van der Waals surface area contributed by atoms with Gasteiger partial charge in [0.05, 0.1) is 0 Å². The fraction of sp³-hybridized carbons (Fsp3) is 0.722. The number of allylic oxidation sites excluding steroid dienone is 4. The van der Waals surface area contributed by atoms with E-state index in [2.05, 4.69) is 19.1 Å². The Balaban J connectivity index is 1.64. The highest BCUT2D eigenvalue weighted by molar-refractivity contribution is 5.91. The van der Waals surface area contributed by atoms with E-state index in [1.165, 1.54) is 37.7 Å². The highest BCUT2D eigenvalue weighted by atomic mass is 16.1. The second kappa shape index (κ2) is 4.07. The summed E-state index contributed by atoms with van der Waals surface area (Å²) in [6.45, 7) is 2.48. The van der Waals surface area contributed by atoms with Crippen molar-refractivity contribution in [3.63, 3.8) is 0 Å². The summed E-state index contributed by atoms with van der Waals surface area (Å²) in [6, 6.07) is 0. The normalized spacial score (nSPS) is 48.3. The van der Waals surface area contributed by atoms with E-state index < -0.39 is 0 Å². The molecule has 0 radical (unpaired) electrons. The topological polar surface area (TPSA) is 17.1 Å². The van der Waals surface area contributed by atoms with Gasteiger partial charge in [-0.15, -0.1) is 0 Å². The first kappa shape index (κ1) is 11.9. The van der Waals surface area contributed by atoms with Crippen LogP contribution in [0, 0.1) is 29.1 Å². The number of carbonyl (C=O) groups is 1. The number of carbonyl (C=O) groups excluding carboxylic acids is 1. The minimum Gasteiger partial charge on any atom is -0.295 e. The average molecular weight is 256 g/mol. The minimum absolute atomic E-state index is 0.382. The van der Waals surface area contributed by atoms with E-state index in [0.717, 1.165) is 36.5 Å². The third kappa shape index (κ3) is 1.70. The molecule has 0 bridgehead atoms. The van der Waals surface area contributed by atoms with E-state index in [-0.39, 0.29) is 0 Å². The van der Waals surface area contributed by atoms with Gasteiger partial charge < -0.3 is 0 Å². The van der Waals surface area contributed by atoms with E-state index >= 15 is 0 Å². The van der Waals surface area contributed by atoms with Crippen LogP contribution in [0.1, 0.15) is 51.9 Å². The summed E-state index contributed by atoms with van der Waals surface area (Å²) in [4.78, 5) is 11.6. The highest BCUT2D eigenvalue weighted by Gasteiger charge is 2.50. The Morgan fingerprint density at radius 3 is 2.95 bits per heavy atom. The van der Waals surface area contributed by atoms with Crippen LogP contribution in [-0.2, 0) is 4.79 Å². The van der Waals surface area contributed by atoms with Crippen molar-refractivity contribution in [2.45, 2.75) is 51.9 Å². The number of rotatable bonds is 0. The Morgan fingerprint density at radius 1 is 1.16 bits per heavy atom. The van der Waals surface area contributed by atoms with E-state index in [4.69, 9.17) is 0 Å².